The van der Waals surface area contributed by atoms with Crippen LogP contribution in [0.1, 0.15) is 47.9 Å². The highest BCUT2D eigenvalue weighted by atomic mass is 19.4. The molecule has 0 saturated carbocycles. The van der Waals surface area contributed by atoms with E-state index in [-0.39, 0.29) is 18.4 Å². The highest BCUT2D eigenvalue weighted by Crippen LogP contribution is 2.53. The second-order valence-electron chi connectivity index (χ2n) is 16.3. The molecular weight excluding hydrogens is 791 g/mol. The number of allylic oxidation sites excluding steroid dienone is 8. The average Bonchev–Trinajstić information content (AvgIpc) is 3.68. The van der Waals surface area contributed by atoms with Crippen LogP contribution in [0.4, 0.5) is 26.3 Å². The van der Waals surface area contributed by atoms with Gasteiger partial charge in [0.25, 0.3) is 0 Å². The second-order valence-corrected chi connectivity index (χ2v) is 16.3. The predicted molar refractivity (Wildman–Crippen MR) is 238 cm³/mol. The van der Waals surface area contributed by atoms with E-state index in [1.54, 1.807) is 6.07 Å². The molecule has 0 N–H and O–H groups in total. The zero-order valence-electron chi connectivity index (χ0n) is 33.2. The topological polar surface area (TPSA) is 17.8 Å². The quantitative estimate of drug-likeness (QED) is 0.0707. The normalized spacial score (nSPS) is 16.0. The number of hydrogen-bond acceptors (Lipinski definition) is 1. The zero-order chi connectivity index (χ0) is 42.4. The van der Waals surface area contributed by atoms with E-state index in [4.69, 9.17) is 4.98 Å². The second kappa shape index (κ2) is 14.1. The number of nitrogens with zero attached hydrogens (tertiary/aromatic N) is 2. The molecule has 0 fully saturated rings. The summed E-state index contributed by atoms with van der Waals surface area (Å²) in [6, 6.07) is 42.8. The Morgan fingerprint density at radius 2 is 1.19 bits per heavy atom. The van der Waals surface area contributed by atoms with Crippen molar-refractivity contribution >= 4 is 59.8 Å². The fraction of sp³-hybridized carbons (Fsp3) is 0.130. The molecule has 1 atom stereocenters. The molecule has 62 heavy (non-hydrogen) atoms. The lowest BCUT2D eigenvalue weighted by molar-refractivity contribution is -0.137. The number of hydrogen-bond donors (Lipinski definition) is 0. The highest BCUT2D eigenvalue weighted by Gasteiger charge is 2.45. The van der Waals surface area contributed by atoms with E-state index in [9.17, 15) is 26.3 Å². The molecule has 2 aliphatic rings. The van der Waals surface area contributed by atoms with Crippen molar-refractivity contribution in [2.45, 2.75) is 43.5 Å². The van der Waals surface area contributed by atoms with Gasteiger partial charge in [0.05, 0.1) is 27.6 Å². The van der Waals surface area contributed by atoms with Crippen LogP contribution in [0.3, 0.4) is 0 Å². The van der Waals surface area contributed by atoms with Gasteiger partial charge in [-0.15, -0.1) is 0 Å². The number of rotatable bonds is 6. The van der Waals surface area contributed by atoms with Gasteiger partial charge in [-0.2, -0.15) is 26.3 Å². The van der Waals surface area contributed by atoms with Crippen LogP contribution in [0.2, 0.25) is 0 Å². The largest absolute Gasteiger partial charge is 0.416 e. The van der Waals surface area contributed by atoms with Crippen molar-refractivity contribution in [1.29, 1.82) is 0 Å². The molecule has 0 spiro atoms. The van der Waals surface area contributed by atoms with Crippen LogP contribution < -0.4 is 0 Å². The van der Waals surface area contributed by atoms with E-state index in [1.807, 2.05) is 84.9 Å². The Morgan fingerprint density at radius 1 is 0.516 bits per heavy atom. The van der Waals surface area contributed by atoms with E-state index in [0.717, 1.165) is 90.4 Å². The summed E-state index contributed by atoms with van der Waals surface area (Å²) in [7, 11) is 0. The summed E-state index contributed by atoms with van der Waals surface area (Å²) in [5.74, 6) is 0.675. The Bertz CT molecular complexity index is 3370. The van der Waals surface area contributed by atoms with Crippen LogP contribution >= 0.6 is 0 Å². The molecular formula is C54H36F6N2. The molecule has 0 aliphatic heterocycles. The van der Waals surface area contributed by atoms with Gasteiger partial charge in [-0.1, -0.05) is 127 Å². The Hall–Kier alpha value is -6.93. The molecule has 304 valence electrons. The summed E-state index contributed by atoms with van der Waals surface area (Å²) in [6.07, 6.45) is 1.36. The summed E-state index contributed by atoms with van der Waals surface area (Å²) in [4.78, 5) is 5.06. The van der Waals surface area contributed by atoms with Crippen molar-refractivity contribution in [2.24, 2.45) is 0 Å². The van der Waals surface area contributed by atoms with E-state index in [1.165, 1.54) is 18.2 Å². The summed E-state index contributed by atoms with van der Waals surface area (Å²) >= 11 is 0. The molecule has 8 aromatic carbocycles. The Morgan fingerprint density at radius 3 is 1.90 bits per heavy atom. The van der Waals surface area contributed by atoms with Gasteiger partial charge in [0.2, 0.25) is 0 Å². The molecule has 9 aromatic rings. The van der Waals surface area contributed by atoms with Crippen molar-refractivity contribution in [3.05, 3.63) is 203 Å². The number of alkyl halides is 6. The molecule has 0 saturated heterocycles. The van der Waals surface area contributed by atoms with Crippen LogP contribution in [0, 0.1) is 0 Å². The number of benzene rings is 8. The van der Waals surface area contributed by atoms with Gasteiger partial charge >= 0.3 is 12.4 Å². The van der Waals surface area contributed by atoms with Crippen LogP contribution in [-0.2, 0) is 11.6 Å². The molecule has 11 rings (SSSR count). The van der Waals surface area contributed by atoms with Crippen LogP contribution in [0.5, 0.6) is 0 Å². The van der Waals surface area contributed by atoms with Gasteiger partial charge in [-0.25, -0.2) is 4.98 Å². The monoisotopic (exact) mass is 826 g/mol. The van der Waals surface area contributed by atoms with E-state index in [2.05, 4.69) is 53.1 Å². The SMILES string of the molecule is FC(F)(F)C1=CCCC(C(c2ccc(-c3nc4ccccc4n3C3=CCCC=C3)cc2)(c2cccc(C(F)(F)F)c2)c2cc3cccc4c5cccc6cccc(c(c2)c34)c65)=C1. The van der Waals surface area contributed by atoms with Crippen molar-refractivity contribution in [1.82, 2.24) is 9.55 Å². The molecule has 1 unspecified atom stereocenters. The number of aromatic nitrogens is 2. The Balaban J connectivity index is 1.25. The van der Waals surface area contributed by atoms with Crippen molar-refractivity contribution < 1.29 is 26.3 Å². The zero-order valence-corrected chi connectivity index (χ0v) is 33.2. The van der Waals surface area contributed by atoms with E-state index < -0.39 is 28.9 Å². The minimum atomic E-state index is -4.71. The first-order valence-corrected chi connectivity index (χ1v) is 20.7. The number of para-hydroxylation sites is 2. The average molecular weight is 827 g/mol. The van der Waals surface area contributed by atoms with Gasteiger partial charge in [0.1, 0.15) is 5.82 Å². The predicted octanol–water partition coefficient (Wildman–Crippen LogP) is 15.5. The Kier molecular flexibility index (Phi) is 8.62. The van der Waals surface area contributed by atoms with E-state index >= 15 is 0 Å². The lowest BCUT2D eigenvalue weighted by Crippen LogP contribution is -2.34. The molecule has 0 radical (unpaired) electrons. The first kappa shape index (κ1) is 38.0. The first-order valence-electron chi connectivity index (χ1n) is 20.7. The number of fused-ring (bicyclic) bond motifs is 3. The maximum absolute atomic E-state index is 14.8. The molecule has 2 aliphatic carbocycles. The molecule has 0 bridgehead atoms. The Labute approximate surface area is 352 Å². The van der Waals surface area contributed by atoms with Crippen LogP contribution in [-0.4, -0.2) is 15.7 Å². The van der Waals surface area contributed by atoms with Crippen molar-refractivity contribution in [3.63, 3.8) is 0 Å². The minimum absolute atomic E-state index is 0.0589. The summed E-state index contributed by atoms with van der Waals surface area (Å²) in [5, 5.41) is 7.82. The third kappa shape index (κ3) is 5.91. The lowest BCUT2D eigenvalue weighted by Gasteiger charge is -2.40. The maximum Gasteiger partial charge on any atom is 0.416 e. The van der Waals surface area contributed by atoms with Crippen LogP contribution in [0.15, 0.2) is 181 Å². The number of imidazole rings is 1. The van der Waals surface area contributed by atoms with Gasteiger partial charge in [-0.3, -0.25) is 4.57 Å². The third-order valence-corrected chi connectivity index (χ3v) is 12.8. The molecule has 2 nitrogen and oxygen atoms in total. The third-order valence-electron chi connectivity index (χ3n) is 12.8. The number of halogens is 6. The molecule has 1 aromatic heterocycles. The van der Waals surface area contributed by atoms with Gasteiger partial charge in [0, 0.05) is 11.3 Å². The van der Waals surface area contributed by atoms with E-state index in [0.29, 0.717) is 22.5 Å². The van der Waals surface area contributed by atoms with Crippen LogP contribution in [0.25, 0.3) is 71.2 Å². The fourth-order valence-corrected chi connectivity index (χ4v) is 10.2. The van der Waals surface area contributed by atoms with Gasteiger partial charge in [-0.05, 0) is 134 Å². The van der Waals surface area contributed by atoms with Crippen molar-refractivity contribution in [3.8, 4) is 11.4 Å². The molecule has 1 heterocycles. The van der Waals surface area contributed by atoms with Crippen molar-refractivity contribution in [2.75, 3.05) is 0 Å². The first-order chi connectivity index (χ1) is 30.0. The standard InChI is InChI=1S/C54H36F6N2/c55-53(56,57)39-16-9-14-37(30-39)52(38-15-10-17-40(31-38)54(58,59)60,36-27-25-34(26-28-36)51-61-47-23-4-5-24-48(47)62(51)42-18-2-1-3-19-42)41-29-35-13-8-21-44-43-20-6-11-33-12-7-22-45(49(33)43)46(32-41)50(35)44/h2,4-9,11-14,16-32H,1,3,10,15H2. The lowest BCUT2D eigenvalue weighted by atomic mass is 9.62. The smallest absolute Gasteiger partial charge is 0.293 e. The molecule has 8 heteroatoms. The molecule has 0 amide bonds. The minimum Gasteiger partial charge on any atom is -0.293 e. The van der Waals surface area contributed by atoms with Gasteiger partial charge < -0.3 is 0 Å². The fourth-order valence-electron chi connectivity index (χ4n) is 10.2. The van der Waals surface area contributed by atoms with Gasteiger partial charge in [0.15, 0.2) is 0 Å². The summed E-state index contributed by atoms with van der Waals surface area (Å²) in [5.41, 5.74) is 1.80. The summed E-state index contributed by atoms with van der Waals surface area (Å²) < 4.78 is 90.9. The summed E-state index contributed by atoms with van der Waals surface area (Å²) in [6.45, 7) is 0. The highest BCUT2D eigenvalue weighted by molar-refractivity contribution is 6.33. The maximum atomic E-state index is 14.8.